The van der Waals surface area contributed by atoms with Crippen LogP contribution in [0, 0.1) is 11.3 Å². The van der Waals surface area contributed by atoms with Crippen molar-refractivity contribution in [2.75, 3.05) is 0 Å². The molecule has 0 spiro atoms. The van der Waals surface area contributed by atoms with E-state index in [1.165, 1.54) is 0 Å². The molecule has 3 heteroatoms. The second-order valence-electron chi connectivity index (χ2n) is 4.15. The minimum atomic E-state index is -1.65. The van der Waals surface area contributed by atoms with Gasteiger partial charge in [-0.1, -0.05) is 30.3 Å². The molecule has 0 saturated heterocycles. The van der Waals surface area contributed by atoms with Crippen LogP contribution < -0.4 is 0 Å². The second-order valence-corrected chi connectivity index (χ2v) is 8.61. The van der Waals surface area contributed by atoms with Gasteiger partial charge in [-0.15, -0.1) is 0 Å². The number of nitrogens with zero attached hydrogens (tertiary/aromatic N) is 1. The zero-order valence-electron chi connectivity index (χ0n) is 8.82. The molecule has 0 amide bonds. The molecule has 1 aromatic rings. The molecule has 74 valence electrons. The smallest absolute Gasteiger partial charge is 0.186 e. The average Bonchev–Trinajstić information content (AvgIpc) is 2.14. The summed E-state index contributed by atoms with van der Waals surface area (Å²) < 4.78 is 5.75. The fourth-order valence-corrected chi connectivity index (χ4v) is 2.05. The summed E-state index contributed by atoms with van der Waals surface area (Å²) in [7, 11) is -1.65. The topological polar surface area (TPSA) is 33.0 Å². The normalized spacial score (nSPS) is 13.3. The molecule has 0 aromatic heterocycles. The Bertz CT molecular complexity index is 323. The fraction of sp³-hybridized carbons (Fsp3) is 0.364. The van der Waals surface area contributed by atoms with Crippen LogP contribution in [-0.4, -0.2) is 8.32 Å². The Hall–Kier alpha value is -1.11. The van der Waals surface area contributed by atoms with Crippen LogP contribution in [0.25, 0.3) is 0 Å². The second kappa shape index (κ2) is 4.40. The molecule has 1 atom stereocenters. The molecule has 0 aliphatic rings. The van der Waals surface area contributed by atoms with E-state index in [9.17, 15) is 0 Å². The van der Waals surface area contributed by atoms with Gasteiger partial charge in [0.25, 0.3) is 0 Å². The van der Waals surface area contributed by atoms with E-state index in [2.05, 4.69) is 25.7 Å². The Kier molecular flexibility index (Phi) is 3.45. The van der Waals surface area contributed by atoms with E-state index < -0.39 is 14.4 Å². The van der Waals surface area contributed by atoms with Gasteiger partial charge >= 0.3 is 0 Å². The Morgan fingerprint density at radius 1 is 1.21 bits per heavy atom. The summed E-state index contributed by atoms with van der Waals surface area (Å²) in [5.41, 5.74) is 0.942. The molecular weight excluding hydrogens is 190 g/mol. The van der Waals surface area contributed by atoms with Crippen molar-refractivity contribution < 1.29 is 4.43 Å². The van der Waals surface area contributed by atoms with Crippen LogP contribution in [0.5, 0.6) is 0 Å². The first kappa shape index (κ1) is 11.0. The van der Waals surface area contributed by atoms with Crippen molar-refractivity contribution >= 4 is 8.32 Å². The summed E-state index contributed by atoms with van der Waals surface area (Å²) in [6.45, 7) is 6.25. The van der Waals surface area contributed by atoms with Gasteiger partial charge in [-0.3, -0.25) is 0 Å². The minimum Gasteiger partial charge on any atom is -0.399 e. The molecule has 14 heavy (non-hydrogen) atoms. The summed E-state index contributed by atoms with van der Waals surface area (Å²) >= 11 is 0. The fourth-order valence-electron chi connectivity index (χ4n) is 1.15. The van der Waals surface area contributed by atoms with Crippen LogP contribution >= 0.6 is 0 Å². The zero-order chi connectivity index (χ0) is 10.6. The first-order valence-electron chi connectivity index (χ1n) is 4.65. The van der Waals surface area contributed by atoms with Crippen molar-refractivity contribution in [3.8, 4) is 6.07 Å². The summed E-state index contributed by atoms with van der Waals surface area (Å²) in [5.74, 6) is 0. The highest BCUT2D eigenvalue weighted by molar-refractivity contribution is 6.69. The predicted octanol–water partition coefficient (Wildman–Crippen LogP) is 3.10. The molecule has 0 aliphatic heterocycles. The third-order valence-corrected chi connectivity index (χ3v) is 2.63. The van der Waals surface area contributed by atoms with Gasteiger partial charge in [-0.25, -0.2) is 0 Å². The van der Waals surface area contributed by atoms with Crippen molar-refractivity contribution in [3.63, 3.8) is 0 Å². The SMILES string of the molecule is C[Si](C)(C)O[C@H](C#N)c1ccccc1. The van der Waals surface area contributed by atoms with Crippen molar-refractivity contribution in [1.29, 1.82) is 5.26 Å². The maximum atomic E-state index is 8.99. The van der Waals surface area contributed by atoms with Crippen LogP contribution in [0.15, 0.2) is 30.3 Å². The highest BCUT2D eigenvalue weighted by Gasteiger charge is 2.21. The minimum absolute atomic E-state index is 0.414. The summed E-state index contributed by atoms with van der Waals surface area (Å²) in [6.07, 6.45) is -0.414. The van der Waals surface area contributed by atoms with Crippen molar-refractivity contribution in [2.24, 2.45) is 0 Å². The molecule has 0 N–H and O–H groups in total. The Morgan fingerprint density at radius 3 is 2.21 bits per heavy atom. The van der Waals surface area contributed by atoms with Crippen LogP contribution in [0.1, 0.15) is 11.7 Å². The number of rotatable bonds is 3. The van der Waals surface area contributed by atoms with E-state index in [1.807, 2.05) is 30.3 Å². The quantitative estimate of drug-likeness (QED) is 0.710. The first-order valence-corrected chi connectivity index (χ1v) is 8.06. The molecule has 1 rings (SSSR count). The van der Waals surface area contributed by atoms with Gasteiger partial charge in [0.15, 0.2) is 14.4 Å². The monoisotopic (exact) mass is 205 g/mol. The lowest BCUT2D eigenvalue weighted by atomic mass is 10.1. The number of hydrogen-bond acceptors (Lipinski definition) is 2. The number of hydrogen-bond donors (Lipinski definition) is 0. The summed E-state index contributed by atoms with van der Waals surface area (Å²) in [4.78, 5) is 0. The zero-order valence-corrected chi connectivity index (χ0v) is 9.82. The van der Waals surface area contributed by atoms with Crippen LogP contribution in [-0.2, 0) is 4.43 Å². The van der Waals surface area contributed by atoms with Gasteiger partial charge in [0, 0.05) is 0 Å². The van der Waals surface area contributed by atoms with E-state index in [0.717, 1.165) is 5.56 Å². The van der Waals surface area contributed by atoms with E-state index in [1.54, 1.807) is 0 Å². The van der Waals surface area contributed by atoms with Gasteiger partial charge in [0.2, 0.25) is 0 Å². The standard InChI is InChI=1S/C11H15NOSi/c1-14(2,3)13-11(9-12)10-7-5-4-6-8-10/h4-8,11H,1-3H3/t11-/m1/s1. The maximum absolute atomic E-state index is 8.99. The third kappa shape index (κ3) is 3.33. The summed E-state index contributed by atoms with van der Waals surface area (Å²) in [5, 5.41) is 8.99. The molecular formula is C11H15NOSi. The molecule has 0 saturated carbocycles. The Balaban J connectivity index is 2.80. The van der Waals surface area contributed by atoms with Crippen molar-refractivity contribution in [2.45, 2.75) is 25.7 Å². The highest BCUT2D eigenvalue weighted by atomic mass is 28.4. The van der Waals surface area contributed by atoms with Crippen molar-refractivity contribution in [1.82, 2.24) is 0 Å². The Morgan fingerprint density at radius 2 is 1.79 bits per heavy atom. The lowest BCUT2D eigenvalue weighted by molar-refractivity contribution is 0.255. The van der Waals surface area contributed by atoms with Gasteiger partial charge in [0.05, 0.1) is 6.07 Å². The third-order valence-electron chi connectivity index (χ3n) is 1.69. The lowest BCUT2D eigenvalue weighted by Crippen LogP contribution is -2.27. The summed E-state index contributed by atoms with van der Waals surface area (Å²) in [6, 6.07) is 11.8. The van der Waals surface area contributed by atoms with Gasteiger partial charge in [-0.2, -0.15) is 5.26 Å². The van der Waals surface area contributed by atoms with Gasteiger partial charge < -0.3 is 4.43 Å². The molecule has 0 fully saturated rings. The van der Waals surface area contributed by atoms with E-state index in [0.29, 0.717) is 0 Å². The van der Waals surface area contributed by atoms with Crippen LogP contribution in [0.4, 0.5) is 0 Å². The average molecular weight is 205 g/mol. The maximum Gasteiger partial charge on any atom is 0.186 e. The van der Waals surface area contributed by atoms with Crippen LogP contribution in [0.3, 0.4) is 0 Å². The molecule has 0 unspecified atom stereocenters. The highest BCUT2D eigenvalue weighted by Crippen LogP contribution is 2.20. The van der Waals surface area contributed by atoms with E-state index in [4.69, 9.17) is 9.69 Å². The molecule has 1 aromatic carbocycles. The van der Waals surface area contributed by atoms with Crippen molar-refractivity contribution in [3.05, 3.63) is 35.9 Å². The molecule has 0 bridgehead atoms. The number of benzene rings is 1. The largest absolute Gasteiger partial charge is 0.399 e. The Labute approximate surface area is 86.3 Å². The van der Waals surface area contributed by atoms with Gasteiger partial charge in [-0.05, 0) is 25.2 Å². The molecule has 0 heterocycles. The molecule has 2 nitrogen and oxygen atoms in total. The van der Waals surface area contributed by atoms with E-state index >= 15 is 0 Å². The van der Waals surface area contributed by atoms with Gasteiger partial charge in [0.1, 0.15) is 0 Å². The number of nitriles is 1. The lowest BCUT2D eigenvalue weighted by Gasteiger charge is -2.21. The van der Waals surface area contributed by atoms with Crippen LogP contribution in [0.2, 0.25) is 19.6 Å². The molecule has 0 aliphatic carbocycles. The molecule has 0 radical (unpaired) electrons. The first-order chi connectivity index (χ1) is 6.53. The predicted molar refractivity (Wildman–Crippen MR) is 59.2 cm³/mol. The van der Waals surface area contributed by atoms with E-state index in [-0.39, 0.29) is 0 Å².